The van der Waals surface area contributed by atoms with Crippen LogP contribution in [0, 0.1) is 0 Å². The lowest BCUT2D eigenvalue weighted by atomic mass is 9.86. The quantitative estimate of drug-likeness (QED) is 0.0330. The van der Waals surface area contributed by atoms with Crippen LogP contribution < -0.4 is 54.7 Å². The Labute approximate surface area is 409 Å². The molecule has 0 radical (unpaired) electrons. The number of ether oxygens (including phenoxy) is 1. The molecule has 362 valence electrons. The fraction of sp³-hybridized carbons (Fsp3) is 0.346. The highest BCUT2D eigenvalue weighted by atomic mass is 32.2. The fourth-order valence-corrected chi connectivity index (χ4v) is 8.72. The fourth-order valence-electron chi connectivity index (χ4n) is 7.01. The molecule has 0 aliphatic heterocycles. The maximum atomic E-state index is 14.5. The Morgan fingerprint density at radius 3 is 1.24 bits per heavy atom. The minimum atomic E-state index is -0.846. The van der Waals surface area contributed by atoms with Gasteiger partial charge in [0.05, 0.1) is 44.6 Å². The summed E-state index contributed by atoms with van der Waals surface area (Å²) < 4.78 is 5.93. The highest BCUT2D eigenvalue weighted by molar-refractivity contribution is 7.99. The minimum absolute atomic E-state index is 0.123. The van der Waals surface area contributed by atoms with Crippen molar-refractivity contribution in [1.29, 1.82) is 0 Å². The first-order valence-corrected chi connectivity index (χ1v) is 24.6. The Hall–Kier alpha value is -5.72. The van der Waals surface area contributed by atoms with E-state index in [-0.39, 0.29) is 41.8 Å². The van der Waals surface area contributed by atoms with Gasteiger partial charge in [-0.1, -0.05) is 102 Å². The molecule has 14 N–H and O–H groups in total. The first-order valence-electron chi connectivity index (χ1n) is 22.7. The van der Waals surface area contributed by atoms with Gasteiger partial charge < -0.3 is 54.7 Å². The number of rotatable bonds is 21. The normalized spacial score (nSPS) is 12.5. The standard InChI is InChI=1S/C52H67N9O5S2/c1-51(2,3)36-28-41(45(67-21-18-54)43(30-36)60-49(64)39(56)23-32-13-9-7-10-14-32)58-47(62)34-25-35(27-38(26-34)66-20-17-53)48(63)59-42-29-37(52(4,5)6)31-44(46(42)68-22-19-55)61-50(65)40(57)24-33-15-11-8-12-16-33/h7-16,25-31,39-40H,17-24,53-57H2,1-6H3,(H,58,62)(H,59,63)(H,60,64)(H,61,65). The molecular weight excluding hydrogens is 895 g/mol. The lowest BCUT2D eigenvalue weighted by Crippen LogP contribution is -2.37. The van der Waals surface area contributed by atoms with Crippen molar-refractivity contribution in [3.63, 3.8) is 0 Å². The average Bonchev–Trinajstić information content (AvgIpc) is 3.30. The second-order valence-corrected chi connectivity index (χ2v) is 20.6. The van der Waals surface area contributed by atoms with Gasteiger partial charge in [0, 0.05) is 42.3 Å². The van der Waals surface area contributed by atoms with Gasteiger partial charge in [-0.2, -0.15) is 0 Å². The van der Waals surface area contributed by atoms with E-state index in [1.165, 1.54) is 29.6 Å². The molecule has 2 unspecified atom stereocenters. The highest BCUT2D eigenvalue weighted by Gasteiger charge is 2.27. The predicted octanol–water partition coefficient (Wildman–Crippen LogP) is 7.24. The van der Waals surface area contributed by atoms with Gasteiger partial charge in [-0.25, -0.2) is 0 Å². The summed E-state index contributed by atoms with van der Waals surface area (Å²) in [6, 6.07) is 29.5. The molecule has 0 saturated carbocycles. The van der Waals surface area contributed by atoms with Crippen molar-refractivity contribution >= 4 is 69.9 Å². The number of hydrogen-bond acceptors (Lipinski definition) is 12. The molecule has 5 aromatic rings. The van der Waals surface area contributed by atoms with Crippen LogP contribution in [0.15, 0.2) is 113 Å². The van der Waals surface area contributed by atoms with E-state index in [1.54, 1.807) is 12.1 Å². The molecule has 5 aromatic carbocycles. The second kappa shape index (κ2) is 24.5. The minimum Gasteiger partial charge on any atom is -0.492 e. The summed E-state index contributed by atoms with van der Waals surface area (Å²) in [5.74, 6) is -0.634. The third-order valence-corrected chi connectivity index (χ3v) is 13.1. The van der Waals surface area contributed by atoms with E-state index in [4.69, 9.17) is 33.4 Å². The molecular formula is C52H67N9O5S2. The SMILES string of the molecule is CC(C)(C)c1cc(NC(=O)c2cc(OCCN)cc(C(=O)Nc3cc(C(C)(C)C)cc(NC(=O)C(N)Cc4ccccc4)c3SCCN)c2)c(SCCN)c(NC(=O)C(N)Cc2ccccc2)c1. The Morgan fingerprint density at radius 2 is 0.897 bits per heavy atom. The van der Waals surface area contributed by atoms with Crippen molar-refractivity contribution in [2.24, 2.45) is 28.7 Å². The Kier molecular flexibility index (Phi) is 19.2. The molecule has 0 saturated heterocycles. The molecule has 0 bridgehead atoms. The van der Waals surface area contributed by atoms with Gasteiger partial charge in [-0.3, -0.25) is 19.2 Å². The van der Waals surface area contributed by atoms with Crippen LogP contribution in [0.2, 0.25) is 0 Å². The van der Waals surface area contributed by atoms with Crippen molar-refractivity contribution in [2.45, 2.75) is 87.1 Å². The van der Waals surface area contributed by atoms with Crippen molar-refractivity contribution in [3.8, 4) is 5.75 Å². The maximum Gasteiger partial charge on any atom is 0.255 e. The molecule has 68 heavy (non-hydrogen) atoms. The molecule has 4 amide bonds. The van der Waals surface area contributed by atoms with Crippen LogP contribution >= 0.6 is 23.5 Å². The number of anilines is 4. The average molecular weight is 962 g/mol. The van der Waals surface area contributed by atoms with E-state index in [1.807, 2.05) is 126 Å². The summed E-state index contributed by atoms with van der Waals surface area (Å²) in [6.07, 6.45) is 0.660. The van der Waals surface area contributed by atoms with Crippen LogP contribution in [0.3, 0.4) is 0 Å². The van der Waals surface area contributed by atoms with E-state index in [0.29, 0.717) is 70.0 Å². The summed E-state index contributed by atoms with van der Waals surface area (Å²) in [6.45, 7) is 13.2. The summed E-state index contributed by atoms with van der Waals surface area (Å²) in [5.41, 5.74) is 35.5. The summed E-state index contributed by atoms with van der Waals surface area (Å²) in [4.78, 5) is 57.5. The van der Waals surface area contributed by atoms with Gasteiger partial charge in [-0.05, 0) is 88.4 Å². The molecule has 14 nitrogen and oxygen atoms in total. The van der Waals surface area contributed by atoms with Gasteiger partial charge in [0.15, 0.2) is 0 Å². The number of benzene rings is 5. The molecule has 0 heterocycles. The largest absolute Gasteiger partial charge is 0.492 e. The second-order valence-electron chi connectivity index (χ2n) is 18.4. The van der Waals surface area contributed by atoms with E-state index in [2.05, 4.69) is 21.3 Å². The van der Waals surface area contributed by atoms with Crippen LogP contribution in [0.1, 0.15) is 84.5 Å². The van der Waals surface area contributed by atoms with Crippen molar-refractivity contribution in [1.82, 2.24) is 0 Å². The lowest BCUT2D eigenvalue weighted by Gasteiger charge is -2.25. The van der Waals surface area contributed by atoms with Crippen molar-refractivity contribution < 1.29 is 23.9 Å². The molecule has 0 fully saturated rings. The first-order chi connectivity index (χ1) is 32.3. The number of hydrogen-bond donors (Lipinski definition) is 9. The zero-order chi connectivity index (χ0) is 49.6. The van der Waals surface area contributed by atoms with Crippen molar-refractivity contribution in [3.05, 3.63) is 137 Å². The van der Waals surface area contributed by atoms with Crippen LogP contribution in [-0.4, -0.2) is 73.5 Å². The van der Waals surface area contributed by atoms with Crippen LogP contribution in [-0.2, 0) is 33.3 Å². The monoisotopic (exact) mass is 961 g/mol. The molecule has 0 aromatic heterocycles. The molecule has 0 aliphatic rings. The lowest BCUT2D eigenvalue weighted by molar-refractivity contribution is -0.118. The Bertz CT molecular complexity index is 2360. The molecule has 0 spiro atoms. The zero-order valence-corrected chi connectivity index (χ0v) is 41.5. The third-order valence-electron chi connectivity index (χ3n) is 10.7. The van der Waals surface area contributed by atoms with Crippen LogP contribution in [0.5, 0.6) is 5.75 Å². The van der Waals surface area contributed by atoms with E-state index < -0.39 is 34.7 Å². The molecule has 2 atom stereocenters. The van der Waals surface area contributed by atoms with E-state index >= 15 is 0 Å². The third kappa shape index (κ3) is 15.1. The van der Waals surface area contributed by atoms with Gasteiger partial charge in [0.25, 0.3) is 11.8 Å². The topological polar surface area (TPSA) is 256 Å². The van der Waals surface area contributed by atoms with Gasteiger partial charge >= 0.3 is 0 Å². The number of carbonyl (C=O) groups is 4. The van der Waals surface area contributed by atoms with Crippen molar-refractivity contribution in [2.75, 3.05) is 59.0 Å². The van der Waals surface area contributed by atoms with E-state index in [0.717, 1.165) is 22.3 Å². The molecule has 5 rings (SSSR count). The first kappa shape index (κ1) is 53.2. The Balaban J connectivity index is 1.52. The number of nitrogens with two attached hydrogens (primary N) is 5. The number of amides is 4. The Morgan fingerprint density at radius 1 is 0.529 bits per heavy atom. The molecule has 16 heteroatoms. The van der Waals surface area contributed by atoms with Crippen LogP contribution in [0.25, 0.3) is 0 Å². The van der Waals surface area contributed by atoms with Crippen LogP contribution in [0.4, 0.5) is 22.7 Å². The summed E-state index contributed by atoms with van der Waals surface area (Å²) in [7, 11) is 0. The smallest absolute Gasteiger partial charge is 0.255 e. The highest BCUT2D eigenvalue weighted by Crippen LogP contribution is 2.41. The van der Waals surface area contributed by atoms with Gasteiger partial charge in [0.2, 0.25) is 11.8 Å². The zero-order valence-electron chi connectivity index (χ0n) is 39.9. The molecule has 0 aliphatic carbocycles. The number of thioether (sulfide) groups is 2. The van der Waals surface area contributed by atoms with Gasteiger partial charge in [0.1, 0.15) is 12.4 Å². The van der Waals surface area contributed by atoms with Gasteiger partial charge in [-0.15, -0.1) is 23.5 Å². The maximum absolute atomic E-state index is 14.5. The predicted molar refractivity (Wildman–Crippen MR) is 280 cm³/mol. The number of nitrogens with one attached hydrogen (secondary N) is 4. The summed E-state index contributed by atoms with van der Waals surface area (Å²) in [5, 5.41) is 12.2. The number of carbonyl (C=O) groups excluding carboxylic acids is 4. The summed E-state index contributed by atoms with van der Waals surface area (Å²) >= 11 is 2.77. The van der Waals surface area contributed by atoms with E-state index in [9.17, 15) is 19.2 Å².